The third kappa shape index (κ3) is 2.26. The summed E-state index contributed by atoms with van der Waals surface area (Å²) in [6.07, 6.45) is 7.17. The van der Waals surface area contributed by atoms with Crippen LogP contribution in [0.5, 0.6) is 11.5 Å². The number of hydrogen-bond donors (Lipinski definition) is 1. The van der Waals surface area contributed by atoms with Crippen LogP contribution in [0.2, 0.25) is 0 Å². The first-order chi connectivity index (χ1) is 10.7. The van der Waals surface area contributed by atoms with Crippen molar-refractivity contribution in [1.82, 2.24) is 0 Å². The third-order valence-corrected chi connectivity index (χ3v) is 6.19. The lowest BCUT2D eigenvalue weighted by Gasteiger charge is -2.54. The van der Waals surface area contributed by atoms with Crippen molar-refractivity contribution in [1.29, 1.82) is 0 Å². The number of anilines is 1. The van der Waals surface area contributed by atoms with Gasteiger partial charge in [-0.2, -0.15) is 0 Å². The predicted octanol–water partition coefficient (Wildman–Crippen LogP) is 4.25. The number of nitrogens with one attached hydrogen (secondary N) is 1. The quantitative estimate of drug-likeness (QED) is 0.902. The van der Waals surface area contributed by atoms with E-state index in [-0.39, 0.29) is 0 Å². The van der Waals surface area contributed by atoms with Crippen molar-refractivity contribution in [2.24, 2.45) is 23.7 Å². The summed E-state index contributed by atoms with van der Waals surface area (Å²) in [4.78, 5) is 0. The van der Waals surface area contributed by atoms with Crippen LogP contribution in [0.3, 0.4) is 0 Å². The first-order valence-corrected chi connectivity index (χ1v) is 8.67. The number of aryl methyl sites for hydroxylation is 1. The lowest BCUT2D eigenvalue weighted by Crippen LogP contribution is -2.51. The van der Waals surface area contributed by atoms with Gasteiger partial charge in [-0.15, -0.1) is 0 Å². The largest absolute Gasteiger partial charge is 0.494 e. The normalized spacial score (nSPS) is 35.5. The summed E-state index contributed by atoms with van der Waals surface area (Å²) in [6, 6.07) is 4.79. The summed E-state index contributed by atoms with van der Waals surface area (Å²) in [5.74, 6) is 5.50. The van der Waals surface area contributed by atoms with Gasteiger partial charge in [0.05, 0.1) is 14.2 Å². The fourth-order valence-electron chi connectivity index (χ4n) is 5.51. The second-order valence-electron chi connectivity index (χ2n) is 7.65. The van der Waals surface area contributed by atoms with Crippen molar-refractivity contribution in [3.8, 4) is 11.5 Å². The second-order valence-corrected chi connectivity index (χ2v) is 7.65. The molecule has 0 saturated heterocycles. The minimum absolute atomic E-state index is 0.596. The van der Waals surface area contributed by atoms with E-state index in [1.54, 1.807) is 14.2 Å². The Labute approximate surface area is 133 Å². The zero-order chi connectivity index (χ0) is 15.3. The van der Waals surface area contributed by atoms with E-state index in [1.807, 2.05) is 0 Å². The zero-order valence-electron chi connectivity index (χ0n) is 13.9. The third-order valence-electron chi connectivity index (χ3n) is 6.19. The zero-order valence-corrected chi connectivity index (χ0v) is 13.9. The number of ether oxygens (including phenoxy) is 2. The van der Waals surface area contributed by atoms with E-state index < -0.39 is 0 Å². The van der Waals surface area contributed by atoms with E-state index in [2.05, 4.69) is 24.4 Å². The molecule has 22 heavy (non-hydrogen) atoms. The van der Waals surface area contributed by atoms with E-state index in [0.717, 1.165) is 40.9 Å². The minimum Gasteiger partial charge on any atom is -0.494 e. The molecule has 4 aliphatic rings. The monoisotopic (exact) mass is 301 g/mol. The second kappa shape index (κ2) is 5.36. The maximum Gasteiger partial charge on any atom is 0.146 e. The molecule has 120 valence electrons. The van der Waals surface area contributed by atoms with Gasteiger partial charge in [0.25, 0.3) is 0 Å². The Kier molecular flexibility index (Phi) is 3.47. The summed E-state index contributed by atoms with van der Waals surface area (Å²) in [5.41, 5.74) is 2.22. The molecule has 4 fully saturated rings. The van der Waals surface area contributed by atoms with Gasteiger partial charge in [0, 0.05) is 6.04 Å². The lowest BCUT2D eigenvalue weighted by molar-refractivity contribution is 0.00742. The number of rotatable bonds is 4. The summed E-state index contributed by atoms with van der Waals surface area (Å²) >= 11 is 0. The minimum atomic E-state index is 0.596. The Morgan fingerprint density at radius 3 is 1.82 bits per heavy atom. The molecule has 5 rings (SSSR count). The molecule has 0 atom stereocenters. The Hall–Kier alpha value is -1.38. The van der Waals surface area contributed by atoms with E-state index in [1.165, 1.54) is 37.7 Å². The van der Waals surface area contributed by atoms with Gasteiger partial charge in [0.15, 0.2) is 0 Å². The average Bonchev–Trinajstić information content (AvgIpc) is 2.50. The maximum absolute atomic E-state index is 5.62. The molecule has 3 nitrogen and oxygen atoms in total. The number of hydrogen-bond acceptors (Lipinski definition) is 3. The van der Waals surface area contributed by atoms with Gasteiger partial charge in [-0.25, -0.2) is 0 Å². The number of methoxy groups -OCH3 is 2. The Morgan fingerprint density at radius 2 is 1.36 bits per heavy atom. The van der Waals surface area contributed by atoms with E-state index in [0.29, 0.717) is 6.04 Å². The van der Waals surface area contributed by atoms with Gasteiger partial charge in [-0.3, -0.25) is 0 Å². The average molecular weight is 301 g/mol. The highest BCUT2D eigenvalue weighted by atomic mass is 16.5. The van der Waals surface area contributed by atoms with Gasteiger partial charge in [-0.1, -0.05) is 0 Å². The van der Waals surface area contributed by atoms with Crippen molar-refractivity contribution in [2.45, 2.75) is 45.1 Å². The van der Waals surface area contributed by atoms with E-state index >= 15 is 0 Å². The van der Waals surface area contributed by atoms with Crippen LogP contribution in [0.25, 0.3) is 0 Å². The van der Waals surface area contributed by atoms with Crippen LogP contribution in [0, 0.1) is 30.6 Å². The van der Waals surface area contributed by atoms with Crippen molar-refractivity contribution in [3.05, 3.63) is 17.7 Å². The van der Waals surface area contributed by atoms with Gasteiger partial charge in [0.1, 0.15) is 17.2 Å². The lowest BCUT2D eigenvalue weighted by atomic mass is 9.54. The van der Waals surface area contributed by atoms with Crippen molar-refractivity contribution < 1.29 is 9.47 Å². The number of benzene rings is 1. The summed E-state index contributed by atoms with van der Waals surface area (Å²) in [7, 11) is 3.49. The van der Waals surface area contributed by atoms with Crippen LogP contribution < -0.4 is 14.8 Å². The highest BCUT2D eigenvalue weighted by molar-refractivity contribution is 5.68. The molecule has 0 unspecified atom stereocenters. The van der Waals surface area contributed by atoms with Gasteiger partial charge < -0.3 is 14.8 Å². The Balaban J connectivity index is 1.63. The molecule has 0 aromatic heterocycles. The van der Waals surface area contributed by atoms with Crippen molar-refractivity contribution in [3.63, 3.8) is 0 Å². The predicted molar refractivity (Wildman–Crippen MR) is 88.7 cm³/mol. The molecule has 1 aromatic carbocycles. The molecule has 0 amide bonds. The fraction of sp³-hybridized carbons (Fsp3) is 0.684. The molecule has 0 heterocycles. The molecule has 0 radical (unpaired) electrons. The molecule has 0 spiro atoms. The van der Waals surface area contributed by atoms with Gasteiger partial charge >= 0.3 is 0 Å². The molecule has 4 aliphatic carbocycles. The Morgan fingerprint density at radius 1 is 0.864 bits per heavy atom. The molecule has 0 aliphatic heterocycles. The maximum atomic E-state index is 5.62. The molecule has 1 N–H and O–H groups in total. The van der Waals surface area contributed by atoms with Crippen LogP contribution in [-0.4, -0.2) is 20.3 Å². The van der Waals surface area contributed by atoms with Crippen molar-refractivity contribution in [2.75, 3.05) is 19.5 Å². The molecular weight excluding hydrogens is 274 g/mol. The van der Waals surface area contributed by atoms with Crippen LogP contribution in [-0.2, 0) is 0 Å². The Bertz CT molecular complexity index is 516. The van der Waals surface area contributed by atoms with E-state index in [4.69, 9.17) is 9.47 Å². The highest BCUT2D eigenvalue weighted by Gasteiger charge is 2.48. The topological polar surface area (TPSA) is 30.5 Å². The van der Waals surface area contributed by atoms with Gasteiger partial charge in [0.2, 0.25) is 0 Å². The first-order valence-electron chi connectivity index (χ1n) is 8.67. The van der Waals surface area contributed by atoms with Crippen molar-refractivity contribution >= 4 is 5.69 Å². The van der Waals surface area contributed by atoms with Crippen LogP contribution in [0.1, 0.15) is 37.7 Å². The first kappa shape index (κ1) is 14.2. The fourth-order valence-corrected chi connectivity index (χ4v) is 5.51. The van der Waals surface area contributed by atoms with Crippen LogP contribution >= 0.6 is 0 Å². The summed E-state index contributed by atoms with van der Waals surface area (Å²) in [5, 5.41) is 3.84. The molecular formula is C19H27NO2. The standard InChI is InChI=1S/C19H27NO2/c1-11-4-16(21-2)19(17(5-11)22-3)20-18-14-7-12-6-13(9-14)10-15(18)8-12/h4-5,12-15,18,20H,6-10H2,1-3H3. The molecule has 4 saturated carbocycles. The molecule has 1 aromatic rings. The SMILES string of the molecule is COc1cc(C)cc(OC)c1NC1C2CC3CC(C2)CC1C3. The van der Waals surface area contributed by atoms with Gasteiger partial charge in [-0.05, 0) is 80.4 Å². The summed E-state index contributed by atoms with van der Waals surface area (Å²) < 4.78 is 11.2. The molecule has 4 bridgehead atoms. The summed E-state index contributed by atoms with van der Waals surface area (Å²) in [6.45, 7) is 2.08. The van der Waals surface area contributed by atoms with Crippen LogP contribution in [0.15, 0.2) is 12.1 Å². The van der Waals surface area contributed by atoms with Crippen LogP contribution in [0.4, 0.5) is 5.69 Å². The van der Waals surface area contributed by atoms with E-state index in [9.17, 15) is 0 Å². The highest BCUT2D eigenvalue weighted by Crippen LogP contribution is 2.55. The smallest absolute Gasteiger partial charge is 0.146 e. The molecule has 3 heteroatoms.